The maximum Gasteiger partial charge on any atom is 0.316 e. The van der Waals surface area contributed by atoms with E-state index < -0.39 is 5.97 Å². The summed E-state index contributed by atoms with van der Waals surface area (Å²) in [6, 6.07) is 11.5. The second-order valence-electron chi connectivity index (χ2n) is 7.09. The number of hydrogen-bond acceptors (Lipinski definition) is 9. The molecule has 1 aromatic carbocycles. The molecule has 1 heterocycles. The van der Waals surface area contributed by atoms with Gasteiger partial charge < -0.3 is 15.0 Å². The number of rotatable bonds is 10. The van der Waals surface area contributed by atoms with Crippen molar-refractivity contribution in [1.29, 1.82) is 5.26 Å². The number of carbonyl (C=O) groups excluding carboxylic acids is 2. The third-order valence-corrected chi connectivity index (χ3v) is 6.79. The minimum atomic E-state index is -0.497. The van der Waals surface area contributed by atoms with Gasteiger partial charge in [-0.3, -0.25) is 9.59 Å². The number of esters is 1. The van der Waals surface area contributed by atoms with Gasteiger partial charge >= 0.3 is 5.97 Å². The van der Waals surface area contributed by atoms with Gasteiger partial charge in [0.15, 0.2) is 10.9 Å². The molecule has 0 saturated heterocycles. The van der Waals surface area contributed by atoms with Crippen molar-refractivity contribution < 1.29 is 14.3 Å². The summed E-state index contributed by atoms with van der Waals surface area (Å²) in [6.45, 7) is -0.127. The summed E-state index contributed by atoms with van der Waals surface area (Å²) in [4.78, 5) is 26.1. The summed E-state index contributed by atoms with van der Waals surface area (Å²) in [5, 5.41) is 21.3. The molecule has 1 aliphatic carbocycles. The van der Waals surface area contributed by atoms with Crippen LogP contribution in [0.5, 0.6) is 0 Å². The first-order chi connectivity index (χ1) is 15.2. The van der Waals surface area contributed by atoms with Crippen LogP contribution in [0.1, 0.15) is 38.5 Å². The van der Waals surface area contributed by atoms with Crippen molar-refractivity contribution in [3.8, 4) is 6.07 Å². The van der Waals surface area contributed by atoms with Gasteiger partial charge in [0.05, 0.1) is 18.2 Å². The highest BCUT2D eigenvalue weighted by Crippen LogP contribution is 2.28. The number of carbonyl (C=O) groups is 2. The first-order valence-corrected chi connectivity index (χ1v) is 12.1. The fraction of sp³-hybridized carbons (Fsp3) is 0.476. The second-order valence-corrected chi connectivity index (χ2v) is 9.29. The molecule has 0 spiro atoms. The van der Waals surface area contributed by atoms with Crippen LogP contribution in [0.3, 0.4) is 0 Å². The normalized spacial score (nSPS) is 13.9. The standard InChI is InChI=1S/C21H25N5O3S2/c22-12-7-13-26(17-10-5-2-6-11-17)18(27)14-29-19(28)15-30-21-25-24-20(31-21)23-16-8-3-1-4-9-16/h2,5-6,10-11,16H,1,3-4,7-9,13-15H2,(H,23,24). The van der Waals surface area contributed by atoms with E-state index in [9.17, 15) is 9.59 Å². The van der Waals surface area contributed by atoms with Crippen LogP contribution in [0, 0.1) is 11.3 Å². The van der Waals surface area contributed by atoms with Gasteiger partial charge in [-0.1, -0.05) is 60.6 Å². The predicted molar refractivity (Wildman–Crippen MR) is 121 cm³/mol. The Kier molecular flexibility index (Phi) is 9.12. The van der Waals surface area contributed by atoms with E-state index in [1.165, 1.54) is 47.3 Å². The molecule has 0 aliphatic heterocycles. The highest BCUT2D eigenvalue weighted by atomic mass is 32.2. The molecule has 1 aromatic heterocycles. The number of nitrogens with zero attached hydrogens (tertiary/aromatic N) is 4. The van der Waals surface area contributed by atoms with Crippen LogP contribution >= 0.6 is 23.1 Å². The zero-order valence-electron chi connectivity index (χ0n) is 17.2. The number of ether oxygens (including phenoxy) is 1. The fourth-order valence-electron chi connectivity index (χ4n) is 3.30. The predicted octanol–water partition coefficient (Wildman–Crippen LogP) is 3.86. The zero-order chi connectivity index (χ0) is 21.9. The number of nitrogens with one attached hydrogen (secondary N) is 1. The lowest BCUT2D eigenvalue weighted by molar-refractivity contribution is -0.145. The van der Waals surface area contributed by atoms with Crippen molar-refractivity contribution >= 4 is 45.8 Å². The van der Waals surface area contributed by atoms with E-state index in [-0.39, 0.29) is 31.2 Å². The van der Waals surface area contributed by atoms with Crippen molar-refractivity contribution in [2.75, 3.05) is 29.1 Å². The van der Waals surface area contributed by atoms with Gasteiger partial charge in [0.1, 0.15) is 0 Å². The SMILES string of the molecule is N#CCCN(C(=O)COC(=O)CSc1nnc(NC2CCCCC2)s1)c1ccccc1. The van der Waals surface area contributed by atoms with Crippen molar-refractivity contribution in [1.82, 2.24) is 10.2 Å². The van der Waals surface area contributed by atoms with E-state index in [1.807, 2.05) is 24.3 Å². The average Bonchev–Trinajstić information content (AvgIpc) is 3.25. The van der Waals surface area contributed by atoms with Crippen molar-refractivity contribution in [2.45, 2.75) is 48.9 Å². The maximum atomic E-state index is 12.5. The molecule has 2 aromatic rings. The molecule has 1 aliphatic rings. The molecular weight excluding hydrogens is 434 g/mol. The molecule has 10 heteroatoms. The Morgan fingerprint density at radius 3 is 2.74 bits per heavy atom. The minimum Gasteiger partial charge on any atom is -0.455 e. The summed E-state index contributed by atoms with van der Waals surface area (Å²) < 4.78 is 5.83. The quantitative estimate of drug-likeness (QED) is 0.421. The molecule has 31 heavy (non-hydrogen) atoms. The van der Waals surface area contributed by atoms with Crippen molar-refractivity contribution in [3.63, 3.8) is 0 Å². The number of para-hydroxylation sites is 1. The average molecular weight is 460 g/mol. The Balaban J connectivity index is 1.43. The molecular formula is C21H25N5O3S2. The van der Waals surface area contributed by atoms with Gasteiger partial charge in [0.2, 0.25) is 5.13 Å². The number of hydrogen-bond donors (Lipinski definition) is 1. The highest BCUT2D eigenvalue weighted by Gasteiger charge is 2.19. The lowest BCUT2D eigenvalue weighted by Gasteiger charge is -2.21. The van der Waals surface area contributed by atoms with E-state index in [1.54, 1.807) is 12.1 Å². The molecule has 164 valence electrons. The van der Waals surface area contributed by atoms with Crippen LogP contribution in [0.25, 0.3) is 0 Å². The lowest BCUT2D eigenvalue weighted by Crippen LogP contribution is -2.35. The van der Waals surface area contributed by atoms with Crippen molar-refractivity contribution in [2.24, 2.45) is 0 Å². The summed E-state index contributed by atoms with van der Waals surface area (Å²) in [7, 11) is 0. The number of thioether (sulfide) groups is 1. The number of nitriles is 1. The van der Waals surface area contributed by atoms with Crippen LogP contribution in [0.2, 0.25) is 0 Å². The molecule has 3 rings (SSSR count). The number of anilines is 2. The summed E-state index contributed by atoms with van der Waals surface area (Å²) in [5.74, 6) is -0.812. The van der Waals surface area contributed by atoms with E-state index in [0.717, 1.165) is 18.0 Å². The Morgan fingerprint density at radius 2 is 2.00 bits per heavy atom. The van der Waals surface area contributed by atoms with Crippen molar-refractivity contribution in [3.05, 3.63) is 30.3 Å². The van der Waals surface area contributed by atoms with Crippen LogP contribution in [0.15, 0.2) is 34.7 Å². The summed E-state index contributed by atoms with van der Waals surface area (Å²) >= 11 is 2.66. The smallest absolute Gasteiger partial charge is 0.316 e. The van der Waals surface area contributed by atoms with E-state index >= 15 is 0 Å². The Morgan fingerprint density at radius 1 is 1.23 bits per heavy atom. The van der Waals surface area contributed by atoms with E-state index in [0.29, 0.717) is 16.1 Å². The second kappa shape index (κ2) is 12.3. The van der Waals surface area contributed by atoms with Crippen LogP contribution in [0.4, 0.5) is 10.8 Å². The molecule has 1 saturated carbocycles. The third-order valence-electron chi connectivity index (χ3n) is 4.83. The molecule has 1 N–H and O–H groups in total. The van der Waals surface area contributed by atoms with Gasteiger partial charge in [-0.25, -0.2) is 0 Å². The fourth-order valence-corrected chi connectivity index (χ4v) is 4.92. The van der Waals surface area contributed by atoms with E-state index in [4.69, 9.17) is 10.00 Å². The Labute approximate surface area is 190 Å². The molecule has 0 atom stereocenters. The monoisotopic (exact) mass is 459 g/mol. The minimum absolute atomic E-state index is 0.0505. The topological polar surface area (TPSA) is 108 Å². The first kappa shape index (κ1) is 23.0. The molecule has 0 bridgehead atoms. The molecule has 0 radical (unpaired) electrons. The largest absolute Gasteiger partial charge is 0.455 e. The van der Waals surface area contributed by atoms with Crippen LogP contribution in [-0.2, 0) is 14.3 Å². The number of benzene rings is 1. The third kappa shape index (κ3) is 7.52. The first-order valence-electron chi connectivity index (χ1n) is 10.3. The summed E-state index contributed by atoms with van der Waals surface area (Å²) in [6.07, 6.45) is 6.26. The van der Waals surface area contributed by atoms with Gasteiger partial charge in [0.25, 0.3) is 5.91 Å². The molecule has 1 fully saturated rings. The van der Waals surface area contributed by atoms with Gasteiger partial charge in [-0.05, 0) is 25.0 Å². The highest BCUT2D eigenvalue weighted by molar-refractivity contribution is 8.01. The summed E-state index contributed by atoms with van der Waals surface area (Å²) in [5.41, 5.74) is 0.667. The van der Waals surface area contributed by atoms with Gasteiger partial charge in [-0.15, -0.1) is 10.2 Å². The van der Waals surface area contributed by atoms with Gasteiger partial charge in [-0.2, -0.15) is 5.26 Å². The lowest BCUT2D eigenvalue weighted by atomic mass is 9.96. The molecule has 1 amide bonds. The Hall–Kier alpha value is -2.64. The van der Waals surface area contributed by atoms with E-state index in [2.05, 4.69) is 15.5 Å². The molecule has 8 nitrogen and oxygen atoms in total. The number of amides is 1. The number of aromatic nitrogens is 2. The van der Waals surface area contributed by atoms with Crippen LogP contribution < -0.4 is 10.2 Å². The Bertz CT molecular complexity index is 894. The molecule has 0 unspecified atom stereocenters. The zero-order valence-corrected chi connectivity index (χ0v) is 18.8. The van der Waals surface area contributed by atoms with Gasteiger partial charge in [0, 0.05) is 18.3 Å². The van der Waals surface area contributed by atoms with Crippen LogP contribution in [-0.4, -0.2) is 47.0 Å². The maximum absolute atomic E-state index is 12.5.